The Labute approximate surface area is 228 Å². The van der Waals surface area contributed by atoms with Crippen molar-refractivity contribution in [1.82, 2.24) is 15.3 Å². The Morgan fingerprint density at radius 3 is 2.67 bits per heavy atom. The van der Waals surface area contributed by atoms with Crippen LogP contribution in [0.25, 0.3) is 10.8 Å². The molecule has 0 radical (unpaired) electrons. The topological polar surface area (TPSA) is 88.2 Å². The summed E-state index contributed by atoms with van der Waals surface area (Å²) in [5.41, 5.74) is 3.88. The second-order valence-electron chi connectivity index (χ2n) is 9.99. The van der Waals surface area contributed by atoms with Crippen molar-refractivity contribution >= 4 is 28.2 Å². The molecule has 1 amide bonds. The van der Waals surface area contributed by atoms with Gasteiger partial charge in [-0.15, -0.1) is 0 Å². The van der Waals surface area contributed by atoms with Crippen LogP contribution in [-0.2, 0) is 17.8 Å². The second-order valence-corrected chi connectivity index (χ2v) is 9.99. The lowest BCUT2D eigenvalue weighted by Crippen LogP contribution is -2.29. The lowest BCUT2D eigenvalue weighted by atomic mass is 9.89. The number of nitrogens with zero attached hydrogens (tertiary/aromatic N) is 2. The van der Waals surface area contributed by atoms with Crippen molar-refractivity contribution in [3.8, 4) is 6.01 Å². The normalized spacial score (nSPS) is 17.0. The van der Waals surface area contributed by atoms with E-state index in [2.05, 4.69) is 58.7 Å². The van der Waals surface area contributed by atoms with E-state index in [0.29, 0.717) is 44.8 Å². The molecule has 2 aromatic carbocycles. The van der Waals surface area contributed by atoms with Crippen LogP contribution < -0.4 is 20.7 Å². The van der Waals surface area contributed by atoms with Crippen molar-refractivity contribution < 1.29 is 18.3 Å². The highest BCUT2D eigenvalue weighted by Crippen LogP contribution is 2.29. The number of rotatable bonds is 12. The Balaban J connectivity index is 1.55. The van der Waals surface area contributed by atoms with E-state index in [0.717, 1.165) is 40.6 Å². The molecular formula is C30H37F2N5O2. The van der Waals surface area contributed by atoms with Gasteiger partial charge in [-0.05, 0) is 55.5 Å². The number of alkyl halides is 1. The standard InChI is InChI=1S/C30H37F2N5O2/c1-4-24-26(17-35-25-13-7-11-22-10-5-8-19(2)27(22)25)36-30(39-18-21-9-6-12-23(32)16-21)37-28(24)33-14-15-34-29(38)20(3)31/h5,7-8,10-11,13,21,23,35H,3-4,6,9,12,14-18H2,1-2H3,(H,34,38)(H,33,36,37)/t21-,23-/m0/s1. The van der Waals surface area contributed by atoms with Crippen LogP contribution in [-0.4, -0.2) is 41.7 Å². The van der Waals surface area contributed by atoms with E-state index in [1.54, 1.807) is 0 Å². The molecule has 3 N–H and O–H groups in total. The first-order valence-corrected chi connectivity index (χ1v) is 13.6. The van der Waals surface area contributed by atoms with Crippen LogP contribution >= 0.6 is 0 Å². The quantitative estimate of drug-likeness (QED) is 0.193. The SMILES string of the molecule is C=C(F)C(=O)NCCNc1nc(OC[C@H]2CCC[C@H](F)C2)nc(CNc2cccc3cccc(C)c23)c1CC. The minimum Gasteiger partial charge on any atom is -0.463 e. The van der Waals surface area contributed by atoms with Crippen LogP contribution in [0.4, 0.5) is 20.3 Å². The van der Waals surface area contributed by atoms with E-state index in [1.807, 2.05) is 19.1 Å². The van der Waals surface area contributed by atoms with Gasteiger partial charge < -0.3 is 20.7 Å². The van der Waals surface area contributed by atoms with Crippen LogP contribution in [0.15, 0.2) is 48.8 Å². The van der Waals surface area contributed by atoms with Crippen molar-refractivity contribution in [3.63, 3.8) is 0 Å². The first-order valence-electron chi connectivity index (χ1n) is 13.6. The summed E-state index contributed by atoms with van der Waals surface area (Å²) in [7, 11) is 0. The molecule has 1 aromatic heterocycles. The van der Waals surface area contributed by atoms with Gasteiger partial charge in [0.25, 0.3) is 5.91 Å². The summed E-state index contributed by atoms with van der Waals surface area (Å²) < 4.78 is 32.9. The average molecular weight is 538 g/mol. The molecule has 0 unspecified atom stereocenters. The third-order valence-electron chi connectivity index (χ3n) is 7.10. The van der Waals surface area contributed by atoms with Crippen molar-refractivity contribution in [1.29, 1.82) is 0 Å². The molecule has 1 fully saturated rings. The Kier molecular flexibility index (Phi) is 9.68. The third kappa shape index (κ3) is 7.43. The largest absolute Gasteiger partial charge is 0.463 e. The van der Waals surface area contributed by atoms with Gasteiger partial charge in [-0.25, -0.2) is 8.78 Å². The van der Waals surface area contributed by atoms with E-state index < -0.39 is 17.9 Å². The van der Waals surface area contributed by atoms with Crippen LogP contribution in [0.2, 0.25) is 0 Å². The lowest BCUT2D eigenvalue weighted by molar-refractivity contribution is -0.118. The van der Waals surface area contributed by atoms with Crippen LogP contribution in [0.3, 0.4) is 0 Å². The maximum Gasteiger partial charge on any atom is 0.318 e. The summed E-state index contributed by atoms with van der Waals surface area (Å²) in [5, 5.41) is 11.6. The molecule has 2 atom stereocenters. The highest BCUT2D eigenvalue weighted by atomic mass is 19.1. The number of fused-ring (bicyclic) bond motifs is 1. The number of nitrogens with one attached hydrogen (secondary N) is 3. The molecule has 3 aromatic rings. The number of hydrogen-bond acceptors (Lipinski definition) is 6. The Hall–Kier alpha value is -3.75. The number of hydrogen-bond donors (Lipinski definition) is 3. The van der Waals surface area contributed by atoms with Crippen LogP contribution in [0.1, 0.15) is 49.4 Å². The first kappa shape index (κ1) is 28.3. The number of carbonyl (C=O) groups excluding carboxylic acids is 1. The zero-order valence-corrected chi connectivity index (χ0v) is 22.7. The van der Waals surface area contributed by atoms with Crippen molar-refractivity contribution in [3.05, 3.63) is 65.6 Å². The van der Waals surface area contributed by atoms with E-state index >= 15 is 0 Å². The number of benzene rings is 2. The van der Waals surface area contributed by atoms with Crippen LogP contribution in [0.5, 0.6) is 6.01 Å². The molecule has 1 aliphatic rings. The number of anilines is 2. The molecule has 4 rings (SSSR count). The minimum atomic E-state index is -1.03. The van der Waals surface area contributed by atoms with Gasteiger partial charge in [0.05, 0.1) is 18.8 Å². The fraction of sp³-hybridized carbons (Fsp3) is 0.433. The zero-order valence-electron chi connectivity index (χ0n) is 22.7. The zero-order chi connectivity index (χ0) is 27.8. The number of carbonyl (C=O) groups is 1. The molecule has 0 aliphatic heterocycles. The van der Waals surface area contributed by atoms with E-state index in [1.165, 1.54) is 5.56 Å². The molecule has 39 heavy (non-hydrogen) atoms. The van der Waals surface area contributed by atoms with Crippen molar-refractivity contribution in [2.24, 2.45) is 5.92 Å². The summed E-state index contributed by atoms with van der Waals surface area (Å²) in [5.74, 6) is -1.15. The number of amides is 1. The fourth-order valence-electron chi connectivity index (χ4n) is 5.11. The molecule has 0 bridgehead atoms. The number of aryl methyl sites for hydroxylation is 1. The molecule has 7 nitrogen and oxygen atoms in total. The van der Waals surface area contributed by atoms with Crippen LogP contribution in [0, 0.1) is 12.8 Å². The highest BCUT2D eigenvalue weighted by Gasteiger charge is 2.23. The monoisotopic (exact) mass is 537 g/mol. The van der Waals surface area contributed by atoms with Gasteiger partial charge in [-0.1, -0.05) is 50.3 Å². The summed E-state index contributed by atoms with van der Waals surface area (Å²) >= 11 is 0. The van der Waals surface area contributed by atoms with Gasteiger partial charge >= 0.3 is 6.01 Å². The molecule has 1 heterocycles. The van der Waals surface area contributed by atoms with Gasteiger partial charge in [-0.2, -0.15) is 9.97 Å². The lowest BCUT2D eigenvalue weighted by Gasteiger charge is -2.24. The third-order valence-corrected chi connectivity index (χ3v) is 7.10. The molecule has 9 heteroatoms. The first-order chi connectivity index (χ1) is 18.9. The van der Waals surface area contributed by atoms with Gasteiger partial charge in [0.15, 0.2) is 5.83 Å². The van der Waals surface area contributed by atoms with Crippen molar-refractivity contribution in [2.45, 2.75) is 58.7 Å². The summed E-state index contributed by atoms with van der Waals surface area (Å²) in [6.45, 7) is 8.43. The maximum atomic E-state index is 13.9. The minimum absolute atomic E-state index is 0.129. The van der Waals surface area contributed by atoms with Crippen molar-refractivity contribution in [2.75, 3.05) is 30.3 Å². The summed E-state index contributed by atoms with van der Waals surface area (Å²) in [6.07, 6.45) is 2.76. The van der Waals surface area contributed by atoms with Gasteiger partial charge in [0, 0.05) is 29.7 Å². The Bertz CT molecular complexity index is 1310. The number of aromatic nitrogens is 2. The smallest absolute Gasteiger partial charge is 0.318 e. The molecule has 1 saturated carbocycles. The van der Waals surface area contributed by atoms with E-state index in [-0.39, 0.29) is 18.5 Å². The van der Waals surface area contributed by atoms with Gasteiger partial charge in [-0.3, -0.25) is 4.79 Å². The predicted molar refractivity (Wildman–Crippen MR) is 152 cm³/mol. The molecular weight excluding hydrogens is 500 g/mol. The number of ether oxygens (including phenoxy) is 1. The average Bonchev–Trinajstić information content (AvgIpc) is 2.92. The maximum absolute atomic E-state index is 13.9. The summed E-state index contributed by atoms with van der Waals surface area (Å²) in [4.78, 5) is 20.8. The number of halogens is 2. The molecule has 208 valence electrons. The van der Waals surface area contributed by atoms with Gasteiger partial charge in [0.2, 0.25) is 0 Å². The van der Waals surface area contributed by atoms with E-state index in [9.17, 15) is 13.6 Å². The second kappa shape index (κ2) is 13.4. The fourth-order valence-corrected chi connectivity index (χ4v) is 5.11. The predicted octanol–water partition coefficient (Wildman–Crippen LogP) is 6.03. The van der Waals surface area contributed by atoms with E-state index in [4.69, 9.17) is 9.72 Å². The molecule has 0 saturated heterocycles. The molecule has 0 spiro atoms. The Morgan fingerprint density at radius 2 is 1.92 bits per heavy atom. The summed E-state index contributed by atoms with van der Waals surface area (Å²) in [6, 6.07) is 12.6. The van der Waals surface area contributed by atoms with Gasteiger partial charge in [0.1, 0.15) is 12.0 Å². The molecule has 1 aliphatic carbocycles. The highest BCUT2D eigenvalue weighted by molar-refractivity contribution is 5.96. The Morgan fingerprint density at radius 1 is 1.13 bits per heavy atom.